The predicted octanol–water partition coefficient (Wildman–Crippen LogP) is 3.11. The summed E-state index contributed by atoms with van der Waals surface area (Å²) in [5.41, 5.74) is 3.05. The highest BCUT2D eigenvalue weighted by atomic mass is 32.2. The van der Waals surface area contributed by atoms with Crippen molar-refractivity contribution in [2.24, 2.45) is 7.05 Å². The summed E-state index contributed by atoms with van der Waals surface area (Å²) in [5, 5.41) is 8.35. The molecule has 0 spiro atoms. The van der Waals surface area contributed by atoms with Crippen LogP contribution < -0.4 is 10.2 Å². The number of furan rings is 1. The van der Waals surface area contributed by atoms with Gasteiger partial charge in [-0.2, -0.15) is 10.1 Å². The number of nitrogens with one attached hydrogen (secondary N) is 1. The molecular formula is C24H30N6O3S. The Balaban J connectivity index is 1.19. The summed E-state index contributed by atoms with van der Waals surface area (Å²) in [5.74, 6) is 3.39. The number of hydrogen-bond acceptors (Lipinski definition) is 8. The van der Waals surface area contributed by atoms with Crippen LogP contribution in [-0.4, -0.2) is 62.1 Å². The zero-order valence-electron chi connectivity index (χ0n) is 19.4. The molecule has 0 saturated carbocycles. The third kappa shape index (κ3) is 4.13. The first kappa shape index (κ1) is 21.8. The largest absolute Gasteiger partial charge is 0.463 e. The summed E-state index contributed by atoms with van der Waals surface area (Å²) in [6, 6.07) is 6.32. The van der Waals surface area contributed by atoms with Crippen molar-refractivity contribution in [1.29, 1.82) is 0 Å². The van der Waals surface area contributed by atoms with Gasteiger partial charge in [-0.3, -0.25) is 8.89 Å². The third-order valence-electron chi connectivity index (χ3n) is 7.11. The van der Waals surface area contributed by atoms with Gasteiger partial charge >= 0.3 is 0 Å². The normalized spacial score (nSPS) is 21.7. The highest BCUT2D eigenvalue weighted by Crippen LogP contribution is 2.34. The van der Waals surface area contributed by atoms with Gasteiger partial charge in [-0.25, -0.2) is 4.98 Å². The Kier molecular flexibility index (Phi) is 5.86. The predicted molar refractivity (Wildman–Crippen MR) is 130 cm³/mol. The molecule has 3 aliphatic heterocycles. The molecule has 0 amide bonds. The minimum atomic E-state index is -1.03. The molecule has 1 atom stereocenters. The first-order valence-electron chi connectivity index (χ1n) is 12.1. The van der Waals surface area contributed by atoms with E-state index in [0.717, 1.165) is 97.9 Å². The molecule has 3 aromatic rings. The molecule has 2 fully saturated rings. The lowest BCUT2D eigenvalue weighted by Crippen LogP contribution is -2.35. The lowest BCUT2D eigenvalue weighted by molar-refractivity contribution is 0.0903. The van der Waals surface area contributed by atoms with Crippen molar-refractivity contribution in [3.8, 4) is 11.5 Å². The van der Waals surface area contributed by atoms with Crippen molar-refractivity contribution < 1.29 is 13.4 Å². The van der Waals surface area contributed by atoms with E-state index in [9.17, 15) is 4.21 Å². The summed E-state index contributed by atoms with van der Waals surface area (Å²) in [7, 11) is 0.938. The fraction of sp³-hybridized carbons (Fsp3) is 0.542. The molecule has 3 aromatic heterocycles. The van der Waals surface area contributed by atoms with Gasteiger partial charge < -0.3 is 19.4 Å². The molecule has 34 heavy (non-hydrogen) atoms. The van der Waals surface area contributed by atoms with Gasteiger partial charge in [0.1, 0.15) is 16.4 Å². The van der Waals surface area contributed by atoms with Crippen LogP contribution in [0.25, 0.3) is 11.5 Å². The monoisotopic (exact) mass is 482 g/mol. The quantitative estimate of drug-likeness (QED) is 0.592. The van der Waals surface area contributed by atoms with Crippen molar-refractivity contribution >= 4 is 22.6 Å². The minimum absolute atomic E-state index is 0.302. The Morgan fingerprint density at radius 1 is 1.15 bits per heavy atom. The molecule has 0 bridgehead atoms. The van der Waals surface area contributed by atoms with Crippen molar-refractivity contribution in [3.05, 3.63) is 35.9 Å². The maximum Gasteiger partial charge on any atom is 0.227 e. The van der Waals surface area contributed by atoms with Crippen LogP contribution in [0.5, 0.6) is 0 Å². The van der Waals surface area contributed by atoms with Gasteiger partial charge in [0.2, 0.25) is 5.95 Å². The number of aromatic nitrogens is 4. The van der Waals surface area contributed by atoms with E-state index in [1.165, 1.54) is 0 Å². The highest BCUT2D eigenvalue weighted by Gasteiger charge is 2.30. The van der Waals surface area contributed by atoms with E-state index < -0.39 is 10.8 Å². The lowest BCUT2D eigenvalue weighted by Gasteiger charge is -2.32. The van der Waals surface area contributed by atoms with Gasteiger partial charge in [0, 0.05) is 57.5 Å². The van der Waals surface area contributed by atoms with Crippen LogP contribution in [-0.2, 0) is 29.0 Å². The molecule has 0 aliphatic carbocycles. The van der Waals surface area contributed by atoms with E-state index in [1.54, 1.807) is 6.26 Å². The van der Waals surface area contributed by atoms with Crippen LogP contribution >= 0.6 is 0 Å². The van der Waals surface area contributed by atoms with Crippen LogP contribution in [0.2, 0.25) is 0 Å². The summed E-state index contributed by atoms with van der Waals surface area (Å²) in [6.07, 6.45) is 6.30. The Morgan fingerprint density at radius 2 is 1.97 bits per heavy atom. The molecule has 180 valence electrons. The van der Waals surface area contributed by atoms with Gasteiger partial charge in [0.05, 0.1) is 28.5 Å². The number of ether oxygens (including phenoxy) is 1. The van der Waals surface area contributed by atoms with E-state index in [1.807, 2.05) is 23.9 Å². The van der Waals surface area contributed by atoms with Crippen molar-refractivity contribution in [1.82, 2.24) is 19.7 Å². The number of fused-ring (bicyclic) bond motifs is 1. The van der Waals surface area contributed by atoms with Crippen molar-refractivity contribution in [3.63, 3.8) is 0 Å². The zero-order chi connectivity index (χ0) is 23.1. The molecule has 6 rings (SSSR count). The SMILES string of the molecule is Cn1nc(C2CCN(c3nc4c(c(NC5CCOCC5)n3)S(=O)CC4)CC2)cc1-c1ccco1. The third-order valence-corrected chi connectivity index (χ3v) is 8.57. The molecule has 9 nitrogen and oxygen atoms in total. The smallest absolute Gasteiger partial charge is 0.227 e. The number of rotatable bonds is 5. The zero-order valence-corrected chi connectivity index (χ0v) is 20.2. The first-order chi connectivity index (χ1) is 16.7. The standard InChI is InChI=1S/C24H30N6O3S/c1-29-20(21-3-2-11-33-21)15-19(28-29)16-4-9-30(10-5-16)24-26-18-8-14-34(31)22(18)23(27-24)25-17-6-12-32-13-7-17/h2-3,11,15-17H,4-10,12-14H2,1H3,(H,25,26,27). The van der Waals surface area contributed by atoms with Crippen molar-refractivity contribution in [2.45, 2.75) is 49.0 Å². The number of nitrogens with zero attached hydrogens (tertiary/aromatic N) is 5. The second kappa shape index (κ2) is 9.14. The van der Waals surface area contributed by atoms with E-state index in [0.29, 0.717) is 17.7 Å². The fourth-order valence-electron chi connectivity index (χ4n) is 5.18. The van der Waals surface area contributed by atoms with Crippen LogP contribution in [0.4, 0.5) is 11.8 Å². The van der Waals surface area contributed by atoms with E-state index >= 15 is 0 Å². The summed E-state index contributed by atoms with van der Waals surface area (Å²) < 4.78 is 25.6. The molecule has 6 heterocycles. The van der Waals surface area contributed by atoms with Crippen LogP contribution in [0.1, 0.15) is 43.0 Å². The van der Waals surface area contributed by atoms with E-state index in [2.05, 4.69) is 16.3 Å². The van der Waals surface area contributed by atoms with Gasteiger partial charge in [-0.15, -0.1) is 0 Å². The average Bonchev–Trinajstić information content (AvgIpc) is 3.60. The molecule has 3 aliphatic rings. The molecule has 0 aromatic carbocycles. The topological polar surface area (TPSA) is 98.3 Å². The Hall–Kier alpha value is -2.72. The maximum absolute atomic E-state index is 12.7. The molecule has 10 heteroatoms. The number of anilines is 2. The van der Waals surface area contributed by atoms with E-state index in [-0.39, 0.29) is 0 Å². The van der Waals surface area contributed by atoms with Gasteiger partial charge in [-0.05, 0) is 43.9 Å². The first-order valence-corrected chi connectivity index (χ1v) is 13.4. The maximum atomic E-state index is 12.7. The molecule has 0 radical (unpaired) electrons. The number of hydrogen-bond donors (Lipinski definition) is 1. The summed E-state index contributed by atoms with van der Waals surface area (Å²) in [6.45, 7) is 3.25. The van der Waals surface area contributed by atoms with Crippen LogP contribution in [0.15, 0.2) is 33.8 Å². The second-order valence-electron chi connectivity index (χ2n) is 9.30. The number of piperidine rings is 1. The number of aryl methyl sites for hydroxylation is 2. The van der Waals surface area contributed by atoms with Gasteiger partial charge in [0.25, 0.3) is 0 Å². The molecule has 1 unspecified atom stereocenters. The second-order valence-corrected chi connectivity index (χ2v) is 10.8. The average molecular weight is 483 g/mol. The van der Waals surface area contributed by atoms with Crippen LogP contribution in [0.3, 0.4) is 0 Å². The highest BCUT2D eigenvalue weighted by molar-refractivity contribution is 7.85. The molecular weight excluding hydrogens is 452 g/mol. The van der Waals surface area contributed by atoms with Gasteiger partial charge in [0.15, 0.2) is 5.76 Å². The minimum Gasteiger partial charge on any atom is -0.463 e. The van der Waals surface area contributed by atoms with Crippen molar-refractivity contribution in [2.75, 3.05) is 42.3 Å². The summed E-state index contributed by atoms with van der Waals surface area (Å²) >= 11 is 0. The van der Waals surface area contributed by atoms with E-state index in [4.69, 9.17) is 24.2 Å². The van der Waals surface area contributed by atoms with Crippen LogP contribution in [0, 0.1) is 0 Å². The Labute approximate surface area is 201 Å². The molecule has 2 saturated heterocycles. The Morgan fingerprint density at radius 3 is 2.74 bits per heavy atom. The summed E-state index contributed by atoms with van der Waals surface area (Å²) in [4.78, 5) is 12.8. The van der Waals surface area contributed by atoms with Gasteiger partial charge in [-0.1, -0.05) is 0 Å². The molecule has 1 N–H and O–H groups in total. The lowest BCUT2D eigenvalue weighted by atomic mass is 9.93. The Bertz CT molecular complexity index is 1180. The fourth-order valence-corrected chi connectivity index (χ4v) is 6.49.